The lowest BCUT2D eigenvalue weighted by Gasteiger charge is -2.46. The van der Waals surface area contributed by atoms with Crippen molar-refractivity contribution in [2.24, 2.45) is 5.92 Å². The quantitative estimate of drug-likeness (QED) is 0.314. The lowest BCUT2D eigenvalue weighted by atomic mass is 9.79. The zero-order valence-corrected chi connectivity index (χ0v) is 18.7. The van der Waals surface area contributed by atoms with Crippen molar-refractivity contribution in [2.75, 3.05) is 4.90 Å². The van der Waals surface area contributed by atoms with Crippen molar-refractivity contribution in [3.8, 4) is 0 Å². The number of hydrogen-bond donors (Lipinski definition) is 0. The van der Waals surface area contributed by atoms with Crippen LogP contribution < -0.4 is 4.90 Å². The Balaban J connectivity index is 2.09. The first-order chi connectivity index (χ1) is 13.6. The SMILES string of the molecule is CCCCCCCCCC(CC)C(C)(C)N(c1ccccc1)c1ccccc1. The Bertz CT molecular complexity index is 592. The van der Waals surface area contributed by atoms with Gasteiger partial charge in [0.2, 0.25) is 0 Å². The molecule has 0 spiro atoms. The highest BCUT2D eigenvalue weighted by molar-refractivity contribution is 5.65. The van der Waals surface area contributed by atoms with Gasteiger partial charge in [0.15, 0.2) is 0 Å². The van der Waals surface area contributed by atoms with Gasteiger partial charge in [-0.15, -0.1) is 0 Å². The Hall–Kier alpha value is -1.76. The summed E-state index contributed by atoms with van der Waals surface area (Å²) in [7, 11) is 0. The van der Waals surface area contributed by atoms with E-state index in [1.807, 2.05) is 0 Å². The molecule has 1 heteroatoms. The van der Waals surface area contributed by atoms with Crippen molar-refractivity contribution in [1.29, 1.82) is 0 Å². The average molecular weight is 380 g/mol. The third-order valence-corrected chi connectivity index (χ3v) is 6.25. The van der Waals surface area contributed by atoms with E-state index in [1.54, 1.807) is 0 Å². The minimum absolute atomic E-state index is 0.0691. The van der Waals surface area contributed by atoms with Crippen LogP contribution in [0.2, 0.25) is 0 Å². The van der Waals surface area contributed by atoms with Gasteiger partial charge >= 0.3 is 0 Å². The maximum Gasteiger partial charge on any atom is 0.0423 e. The maximum atomic E-state index is 2.56. The van der Waals surface area contributed by atoms with Crippen molar-refractivity contribution in [1.82, 2.24) is 0 Å². The number of nitrogens with zero attached hydrogens (tertiary/aromatic N) is 1. The van der Waals surface area contributed by atoms with Gasteiger partial charge in [-0.1, -0.05) is 102 Å². The van der Waals surface area contributed by atoms with Crippen molar-refractivity contribution in [3.05, 3.63) is 60.7 Å². The first-order valence-electron chi connectivity index (χ1n) is 11.5. The second kappa shape index (κ2) is 11.9. The highest BCUT2D eigenvalue weighted by Gasteiger charge is 2.35. The van der Waals surface area contributed by atoms with Crippen molar-refractivity contribution >= 4 is 11.4 Å². The van der Waals surface area contributed by atoms with Gasteiger partial charge in [-0.2, -0.15) is 0 Å². The standard InChI is InChI=1S/C27H41N/c1-5-7-8-9-10-11-14-19-24(6-2)27(3,4)28(25-20-15-12-16-21-25)26-22-17-13-18-23-26/h12-13,15-18,20-24H,5-11,14,19H2,1-4H3. The third-order valence-electron chi connectivity index (χ3n) is 6.25. The van der Waals surface area contributed by atoms with Gasteiger partial charge in [-0.05, 0) is 50.5 Å². The molecule has 0 saturated heterocycles. The molecule has 1 atom stereocenters. The Morgan fingerprint density at radius 3 is 1.61 bits per heavy atom. The molecule has 0 fully saturated rings. The highest BCUT2D eigenvalue weighted by Crippen LogP contribution is 2.40. The molecule has 1 unspecified atom stereocenters. The van der Waals surface area contributed by atoms with Crippen LogP contribution in [0, 0.1) is 5.92 Å². The predicted molar refractivity (Wildman–Crippen MR) is 125 cm³/mol. The zero-order chi connectivity index (χ0) is 20.2. The maximum absolute atomic E-state index is 2.56. The van der Waals surface area contributed by atoms with Gasteiger partial charge in [-0.25, -0.2) is 0 Å². The molecular weight excluding hydrogens is 338 g/mol. The fraction of sp³-hybridized carbons (Fsp3) is 0.556. The molecule has 2 aromatic rings. The van der Waals surface area contributed by atoms with Gasteiger partial charge in [0.1, 0.15) is 0 Å². The van der Waals surface area contributed by atoms with Gasteiger partial charge in [0.25, 0.3) is 0 Å². The summed E-state index contributed by atoms with van der Waals surface area (Å²) in [5.41, 5.74) is 2.65. The number of unbranched alkanes of at least 4 members (excludes halogenated alkanes) is 6. The number of anilines is 2. The zero-order valence-electron chi connectivity index (χ0n) is 18.7. The summed E-state index contributed by atoms with van der Waals surface area (Å²) < 4.78 is 0. The molecule has 0 aromatic heterocycles. The molecular formula is C27H41N. The van der Waals surface area contributed by atoms with Crippen LogP contribution in [0.4, 0.5) is 11.4 Å². The smallest absolute Gasteiger partial charge is 0.0423 e. The molecule has 0 bridgehead atoms. The first-order valence-corrected chi connectivity index (χ1v) is 11.5. The van der Waals surface area contributed by atoms with Gasteiger partial charge in [0, 0.05) is 16.9 Å². The summed E-state index contributed by atoms with van der Waals surface area (Å²) >= 11 is 0. The van der Waals surface area contributed by atoms with Crippen molar-refractivity contribution < 1.29 is 0 Å². The normalized spacial score (nSPS) is 12.7. The van der Waals surface area contributed by atoms with Crippen LogP contribution in [0.25, 0.3) is 0 Å². The molecule has 0 N–H and O–H groups in total. The molecule has 0 aliphatic carbocycles. The van der Waals surface area contributed by atoms with E-state index in [0.29, 0.717) is 5.92 Å². The summed E-state index contributed by atoms with van der Waals surface area (Å²) in [6.45, 7) is 9.52. The van der Waals surface area contributed by atoms with E-state index in [0.717, 1.165) is 0 Å². The van der Waals surface area contributed by atoms with E-state index >= 15 is 0 Å². The van der Waals surface area contributed by atoms with Crippen LogP contribution in [0.1, 0.15) is 85.5 Å². The molecule has 2 aromatic carbocycles. The molecule has 0 heterocycles. The highest BCUT2D eigenvalue weighted by atomic mass is 15.2. The van der Waals surface area contributed by atoms with Gasteiger partial charge in [0.05, 0.1) is 0 Å². The Kier molecular flexibility index (Phi) is 9.61. The number of benzene rings is 2. The lowest BCUT2D eigenvalue weighted by molar-refractivity contribution is 0.280. The van der Waals surface area contributed by atoms with E-state index in [4.69, 9.17) is 0 Å². The second-order valence-electron chi connectivity index (χ2n) is 8.68. The van der Waals surface area contributed by atoms with Crippen LogP contribution >= 0.6 is 0 Å². The summed E-state index contributed by atoms with van der Waals surface area (Å²) in [6, 6.07) is 21.8. The number of hydrogen-bond acceptors (Lipinski definition) is 1. The van der Waals surface area contributed by atoms with E-state index in [2.05, 4.69) is 93.3 Å². The van der Waals surface area contributed by atoms with Crippen LogP contribution in [-0.4, -0.2) is 5.54 Å². The number of para-hydroxylation sites is 2. The molecule has 1 nitrogen and oxygen atoms in total. The fourth-order valence-corrected chi connectivity index (χ4v) is 4.56. The van der Waals surface area contributed by atoms with Crippen molar-refractivity contribution in [3.63, 3.8) is 0 Å². The molecule has 0 aliphatic heterocycles. The monoisotopic (exact) mass is 379 g/mol. The summed E-state index contributed by atoms with van der Waals surface area (Å²) in [4.78, 5) is 2.56. The Morgan fingerprint density at radius 1 is 0.679 bits per heavy atom. The molecule has 154 valence electrons. The van der Waals surface area contributed by atoms with E-state index in [-0.39, 0.29) is 5.54 Å². The minimum atomic E-state index is 0.0691. The summed E-state index contributed by atoms with van der Waals surface area (Å²) in [5, 5.41) is 0. The van der Waals surface area contributed by atoms with Gasteiger partial charge in [-0.3, -0.25) is 0 Å². The predicted octanol–water partition coefficient (Wildman–Crippen LogP) is 8.77. The molecule has 0 saturated carbocycles. The van der Waals surface area contributed by atoms with Crippen LogP contribution in [0.5, 0.6) is 0 Å². The second-order valence-corrected chi connectivity index (χ2v) is 8.68. The van der Waals surface area contributed by atoms with Crippen molar-refractivity contribution in [2.45, 2.75) is 91.0 Å². The molecule has 0 radical (unpaired) electrons. The fourth-order valence-electron chi connectivity index (χ4n) is 4.56. The van der Waals surface area contributed by atoms with Crippen LogP contribution in [0.15, 0.2) is 60.7 Å². The van der Waals surface area contributed by atoms with E-state index < -0.39 is 0 Å². The number of rotatable bonds is 13. The average Bonchev–Trinajstić information content (AvgIpc) is 2.71. The molecule has 0 aliphatic rings. The van der Waals surface area contributed by atoms with E-state index in [1.165, 1.54) is 69.2 Å². The Labute approximate surface area is 174 Å². The van der Waals surface area contributed by atoms with E-state index in [9.17, 15) is 0 Å². The summed E-state index contributed by atoms with van der Waals surface area (Å²) in [5.74, 6) is 0.670. The molecule has 2 rings (SSSR count). The summed E-state index contributed by atoms with van der Waals surface area (Å²) in [6.07, 6.45) is 12.2. The largest absolute Gasteiger partial charge is 0.336 e. The van der Waals surface area contributed by atoms with Crippen LogP contribution in [-0.2, 0) is 0 Å². The van der Waals surface area contributed by atoms with Crippen LogP contribution in [0.3, 0.4) is 0 Å². The third kappa shape index (κ3) is 6.40. The van der Waals surface area contributed by atoms with Gasteiger partial charge < -0.3 is 4.90 Å². The Morgan fingerprint density at radius 2 is 1.14 bits per heavy atom. The minimum Gasteiger partial charge on any atom is -0.336 e. The molecule has 0 amide bonds. The first kappa shape index (κ1) is 22.5. The topological polar surface area (TPSA) is 3.24 Å². The lowest BCUT2D eigenvalue weighted by Crippen LogP contribution is -2.47. The molecule has 28 heavy (non-hydrogen) atoms.